The second-order valence-electron chi connectivity index (χ2n) is 4.33. The summed E-state index contributed by atoms with van der Waals surface area (Å²) in [4.78, 5) is 0.0149. The molecule has 1 atom stereocenters. The fourth-order valence-electron chi connectivity index (χ4n) is 2.07. The van der Waals surface area contributed by atoms with E-state index < -0.39 is 16.1 Å². The van der Waals surface area contributed by atoms with Gasteiger partial charge < -0.3 is 15.6 Å². The van der Waals surface area contributed by atoms with E-state index in [1.807, 2.05) is 0 Å². The first-order chi connectivity index (χ1) is 9.37. The smallest absolute Gasteiger partial charge is 0.246 e. The van der Waals surface area contributed by atoms with Gasteiger partial charge >= 0.3 is 0 Å². The highest BCUT2D eigenvalue weighted by molar-refractivity contribution is 9.11. The average Bonchev–Trinajstić information content (AvgIpc) is 2.37. The van der Waals surface area contributed by atoms with Crippen molar-refractivity contribution in [2.24, 2.45) is 0 Å². The molecule has 6 nitrogen and oxygen atoms in total. The minimum Gasteiger partial charge on any atom is -0.398 e. The summed E-state index contributed by atoms with van der Waals surface area (Å²) in [5.41, 5.74) is 5.99. The summed E-state index contributed by atoms with van der Waals surface area (Å²) in [6.45, 7) is 0.357. The van der Waals surface area contributed by atoms with Gasteiger partial charge in [0, 0.05) is 15.5 Å². The number of nitrogens with zero attached hydrogens (tertiary/aromatic N) is 1. The lowest BCUT2D eigenvalue weighted by atomic mass is 10.3. The third-order valence-electron chi connectivity index (χ3n) is 2.99. The summed E-state index contributed by atoms with van der Waals surface area (Å²) in [6, 6.07) is 2.56. The molecular formula is C11H14Br2N2O4S. The van der Waals surface area contributed by atoms with Crippen LogP contribution in [0.5, 0.6) is 0 Å². The molecule has 1 fully saturated rings. The van der Waals surface area contributed by atoms with Gasteiger partial charge in [-0.05, 0) is 28.1 Å². The first-order valence-corrected chi connectivity index (χ1v) is 8.85. The van der Waals surface area contributed by atoms with Gasteiger partial charge in [-0.3, -0.25) is 0 Å². The zero-order valence-electron chi connectivity index (χ0n) is 10.4. The first-order valence-electron chi connectivity index (χ1n) is 5.83. The van der Waals surface area contributed by atoms with Gasteiger partial charge in [0.15, 0.2) is 0 Å². The third kappa shape index (κ3) is 3.02. The Morgan fingerprint density at radius 1 is 1.45 bits per heavy atom. The van der Waals surface area contributed by atoms with E-state index >= 15 is 0 Å². The van der Waals surface area contributed by atoms with Crippen molar-refractivity contribution >= 4 is 47.6 Å². The van der Waals surface area contributed by atoms with Crippen LogP contribution >= 0.6 is 31.9 Å². The number of benzene rings is 1. The van der Waals surface area contributed by atoms with Crippen LogP contribution in [0.25, 0.3) is 0 Å². The van der Waals surface area contributed by atoms with E-state index in [1.54, 1.807) is 6.07 Å². The van der Waals surface area contributed by atoms with Crippen LogP contribution < -0.4 is 5.73 Å². The van der Waals surface area contributed by atoms with Crippen molar-refractivity contribution in [3.05, 3.63) is 21.1 Å². The maximum Gasteiger partial charge on any atom is 0.246 e. The standard InChI is InChI=1S/C11H14Br2N2O4S/c12-7-3-9(13)11(10(14)4-7)20(17,18)15-1-2-19-6-8(15)5-16/h3-4,8,16H,1-2,5-6,14H2. The average molecular weight is 430 g/mol. The number of aliphatic hydroxyl groups is 1. The molecule has 0 saturated carbocycles. The van der Waals surface area contributed by atoms with Crippen LogP contribution in [-0.4, -0.2) is 50.2 Å². The number of nitrogens with two attached hydrogens (primary N) is 1. The Balaban J connectivity index is 2.49. The number of nitrogen functional groups attached to an aromatic ring is 1. The van der Waals surface area contributed by atoms with E-state index in [-0.39, 0.29) is 30.3 Å². The van der Waals surface area contributed by atoms with Gasteiger partial charge in [0.2, 0.25) is 10.0 Å². The van der Waals surface area contributed by atoms with Gasteiger partial charge in [-0.25, -0.2) is 8.42 Å². The topological polar surface area (TPSA) is 92.9 Å². The van der Waals surface area contributed by atoms with E-state index in [0.29, 0.717) is 15.6 Å². The number of hydrogen-bond donors (Lipinski definition) is 2. The largest absolute Gasteiger partial charge is 0.398 e. The number of aliphatic hydroxyl groups excluding tert-OH is 1. The highest BCUT2D eigenvalue weighted by atomic mass is 79.9. The van der Waals surface area contributed by atoms with Crippen LogP contribution in [-0.2, 0) is 14.8 Å². The fraction of sp³-hybridized carbons (Fsp3) is 0.455. The molecule has 0 aromatic heterocycles. The Morgan fingerprint density at radius 2 is 2.15 bits per heavy atom. The maximum absolute atomic E-state index is 12.7. The third-order valence-corrected chi connectivity index (χ3v) is 6.40. The second kappa shape index (κ2) is 6.29. The number of rotatable bonds is 3. The van der Waals surface area contributed by atoms with Crippen molar-refractivity contribution in [3.63, 3.8) is 0 Å². The van der Waals surface area contributed by atoms with Crippen molar-refractivity contribution in [2.75, 3.05) is 32.1 Å². The summed E-state index contributed by atoms with van der Waals surface area (Å²) >= 11 is 6.49. The van der Waals surface area contributed by atoms with E-state index in [1.165, 1.54) is 10.4 Å². The molecule has 9 heteroatoms. The van der Waals surface area contributed by atoms with Crippen LogP contribution in [0.3, 0.4) is 0 Å². The van der Waals surface area contributed by atoms with E-state index in [2.05, 4.69) is 31.9 Å². The highest BCUT2D eigenvalue weighted by Gasteiger charge is 2.36. The summed E-state index contributed by atoms with van der Waals surface area (Å²) in [6.07, 6.45) is 0. The lowest BCUT2D eigenvalue weighted by Gasteiger charge is -2.33. The molecule has 0 radical (unpaired) electrons. The highest BCUT2D eigenvalue weighted by Crippen LogP contribution is 2.34. The van der Waals surface area contributed by atoms with Gasteiger partial charge in [-0.2, -0.15) is 4.31 Å². The molecule has 0 aliphatic carbocycles. The summed E-state index contributed by atoms with van der Waals surface area (Å²) in [5.74, 6) is 0. The predicted octanol–water partition coefficient (Wildman–Crippen LogP) is 1.18. The Hall–Kier alpha value is -0.190. The van der Waals surface area contributed by atoms with Crippen molar-refractivity contribution in [2.45, 2.75) is 10.9 Å². The number of sulfonamides is 1. The molecule has 1 aromatic carbocycles. The van der Waals surface area contributed by atoms with Gasteiger partial charge in [0.1, 0.15) is 4.90 Å². The lowest BCUT2D eigenvalue weighted by molar-refractivity contribution is 0.0109. The van der Waals surface area contributed by atoms with E-state index in [0.717, 1.165) is 0 Å². The van der Waals surface area contributed by atoms with E-state index in [4.69, 9.17) is 10.5 Å². The number of anilines is 1. The zero-order valence-corrected chi connectivity index (χ0v) is 14.4. The molecule has 1 aliphatic rings. The molecule has 1 aromatic rings. The Kier molecular flexibility index (Phi) is 5.09. The van der Waals surface area contributed by atoms with Crippen LogP contribution in [0.1, 0.15) is 0 Å². The predicted molar refractivity (Wildman–Crippen MR) is 81.8 cm³/mol. The number of morpholine rings is 1. The molecule has 20 heavy (non-hydrogen) atoms. The Bertz CT molecular complexity index is 585. The molecule has 0 spiro atoms. The van der Waals surface area contributed by atoms with Crippen LogP contribution in [0, 0.1) is 0 Å². The second-order valence-corrected chi connectivity index (χ2v) is 7.93. The van der Waals surface area contributed by atoms with Crippen molar-refractivity contribution in [1.82, 2.24) is 4.31 Å². The Morgan fingerprint density at radius 3 is 2.75 bits per heavy atom. The van der Waals surface area contributed by atoms with Crippen molar-refractivity contribution in [1.29, 1.82) is 0 Å². The van der Waals surface area contributed by atoms with Crippen molar-refractivity contribution in [3.8, 4) is 0 Å². The Labute approximate surface area is 134 Å². The lowest BCUT2D eigenvalue weighted by Crippen LogP contribution is -2.50. The minimum absolute atomic E-state index is 0.0149. The molecule has 2 rings (SSSR count). The normalized spacial score (nSPS) is 21.1. The molecule has 1 heterocycles. The maximum atomic E-state index is 12.7. The quantitative estimate of drug-likeness (QED) is 0.703. The van der Waals surface area contributed by atoms with E-state index in [9.17, 15) is 13.5 Å². The zero-order chi connectivity index (χ0) is 14.9. The van der Waals surface area contributed by atoms with Crippen molar-refractivity contribution < 1.29 is 18.3 Å². The molecule has 1 saturated heterocycles. The molecule has 0 amide bonds. The molecular weight excluding hydrogens is 416 g/mol. The summed E-state index contributed by atoms with van der Waals surface area (Å²) in [5, 5.41) is 9.32. The first kappa shape index (κ1) is 16.2. The molecule has 0 bridgehead atoms. The van der Waals surface area contributed by atoms with Gasteiger partial charge in [-0.1, -0.05) is 15.9 Å². The number of halogens is 2. The van der Waals surface area contributed by atoms with Crippen LogP contribution in [0.4, 0.5) is 5.69 Å². The van der Waals surface area contributed by atoms with Gasteiger partial charge in [-0.15, -0.1) is 0 Å². The van der Waals surface area contributed by atoms with Crippen LogP contribution in [0.2, 0.25) is 0 Å². The summed E-state index contributed by atoms with van der Waals surface area (Å²) < 4.78 is 33.0. The molecule has 112 valence electrons. The van der Waals surface area contributed by atoms with Gasteiger partial charge in [0.05, 0.1) is 31.5 Å². The summed E-state index contributed by atoms with van der Waals surface area (Å²) in [7, 11) is -3.80. The molecule has 1 aliphatic heterocycles. The van der Waals surface area contributed by atoms with Crippen LogP contribution in [0.15, 0.2) is 26.0 Å². The molecule has 1 unspecified atom stereocenters. The fourth-order valence-corrected chi connectivity index (χ4v) is 5.67. The SMILES string of the molecule is Nc1cc(Br)cc(Br)c1S(=O)(=O)N1CCOCC1CO. The number of ether oxygens (including phenoxy) is 1. The van der Waals surface area contributed by atoms with Gasteiger partial charge in [0.25, 0.3) is 0 Å². The molecule has 3 N–H and O–H groups in total. The minimum atomic E-state index is -3.80. The monoisotopic (exact) mass is 428 g/mol. The number of hydrogen-bond acceptors (Lipinski definition) is 5.